The van der Waals surface area contributed by atoms with Crippen molar-refractivity contribution in [3.05, 3.63) is 0 Å². The number of nitrogens with one attached hydrogen (secondary N) is 1. The normalized spacial score (nSPS) is 31.2. The molecule has 13 heavy (non-hydrogen) atoms. The third kappa shape index (κ3) is 3.90. The molecule has 1 fully saturated rings. The zero-order chi connectivity index (χ0) is 9.84. The summed E-state index contributed by atoms with van der Waals surface area (Å²) in [6.45, 7) is 10.5. The van der Waals surface area contributed by atoms with Gasteiger partial charge in [0.1, 0.15) is 0 Å². The van der Waals surface area contributed by atoms with E-state index in [1.807, 2.05) is 0 Å². The minimum absolute atomic E-state index is 0.779. The molecule has 1 rings (SSSR count). The van der Waals surface area contributed by atoms with Crippen molar-refractivity contribution in [1.29, 1.82) is 0 Å². The van der Waals surface area contributed by atoms with E-state index in [2.05, 4.69) is 44.8 Å². The molecule has 3 unspecified atom stereocenters. The summed E-state index contributed by atoms with van der Waals surface area (Å²) < 4.78 is 0. The van der Waals surface area contributed by atoms with E-state index in [1.54, 1.807) is 0 Å². The SMILES string of the molecule is CC1CC(NCC(C)C(C)C)CS1. The van der Waals surface area contributed by atoms with Crippen molar-refractivity contribution < 1.29 is 0 Å². The van der Waals surface area contributed by atoms with Gasteiger partial charge in [-0.1, -0.05) is 27.7 Å². The summed E-state index contributed by atoms with van der Waals surface area (Å²) in [5.74, 6) is 2.92. The van der Waals surface area contributed by atoms with Gasteiger partial charge in [0, 0.05) is 17.0 Å². The summed E-state index contributed by atoms with van der Waals surface area (Å²) >= 11 is 2.10. The van der Waals surface area contributed by atoms with Crippen LogP contribution in [-0.4, -0.2) is 23.6 Å². The first-order chi connectivity index (χ1) is 6.09. The molecule has 0 aromatic rings. The lowest BCUT2D eigenvalue weighted by Crippen LogP contribution is -2.34. The number of rotatable bonds is 4. The number of thioether (sulfide) groups is 1. The average molecular weight is 201 g/mol. The molecule has 0 aromatic heterocycles. The van der Waals surface area contributed by atoms with Gasteiger partial charge in [-0.2, -0.15) is 11.8 Å². The highest BCUT2D eigenvalue weighted by Gasteiger charge is 2.21. The van der Waals surface area contributed by atoms with E-state index in [-0.39, 0.29) is 0 Å². The Labute approximate surface area is 87.1 Å². The van der Waals surface area contributed by atoms with Gasteiger partial charge in [-0.3, -0.25) is 0 Å². The second-order valence-electron chi connectivity index (χ2n) is 4.71. The molecule has 0 saturated carbocycles. The van der Waals surface area contributed by atoms with Gasteiger partial charge in [-0.25, -0.2) is 0 Å². The van der Waals surface area contributed by atoms with Gasteiger partial charge in [0.25, 0.3) is 0 Å². The summed E-state index contributed by atoms with van der Waals surface area (Å²) in [5, 5.41) is 4.54. The van der Waals surface area contributed by atoms with Crippen LogP contribution in [0.5, 0.6) is 0 Å². The predicted octanol–water partition coefficient (Wildman–Crippen LogP) is 2.76. The van der Waals surface area contributed by atoms with Gasteiger partial charge in [-0.15, -0.1) is 0 Å². The van der Waals surface area contributed by atoms with Crippen molar-refractivity contribution in [2.45, 2.75) is 45.4 Å². The highest BCUT2D eigenvalue weighted by atomic mass is 32.2. The fourth-order valence-corrected chi connectivity index (χ4v) is 2.73. The van der Waals surface area contributed by atoms with Gasteiger partial charge in [-0.05, 0) is 24.8 Å². The van der Waals surface area contributed by atoms with Crippen molar-refractivity contribution in [3.63, 3.8) is 0 Å². The second kappa shape index (κ2) is 5.26. The van der Waals surface area contributed by atoms with Crippen LogP contribution in [0.4, 0.5) is 0 Å². The van der Waals surface area contributed by atoms with Crippen LogP contribution in [0, 0.1) is 11.8 Å². The van der Waals surface area contributed by atoms with Crippen LogP contribution >= 0.6 is 11.8 Å². The fourth-order valence-electron chi connectivity index (χ4n) is 1.55. The molecule has 0 amide bonds. The van der Waals surface area contributed by atoms with Crippen molar-refractivity contribution in [2.24, 2.45) is 11.8 Å². The Hall–Kier alpha value is 0.310. The molecule has 1 N–H and O–H groups in total. The third-order valence-corrected chi connectivity index (χ3v) is 4.42. The lowest BCUT2D eigenvalue weighted by molar-refractivity contribution is 0.372. The molecule has 1 saturated heterocycles. The largest absolute Gasteiger partial charge is 0.313 e. The van der Waals surface area contributed by atoms with Crippen LogP contribution < -0.4 is 5.32 Å². The van der Waals surface area contributed by atoms with Gasteiger partial charge in [0.2, 0.25) is 0 Å². The van der Waals surface area contributed by atoms with E-state index in [0.29, 0.717) is 0 Å². The standard InChI is InChI=1S/C11H23NS/c1-8(2)9(3)6-12-11-5-10(4)13-7-11/h8-12H,5-7H2,1-4H3. The molecule has 0 radical (unpaired) electrons. The molecular formula is C11H23NS. The average Bonchev–Trinajstić information content (AvgIpc) is 2.47. The highest BCUT2D eigenvalue weighted by molar-refractivity contribution is 8.00. The molecule has 0 aliphatic carbocycles. The molecule has 3 atom stereocenters. The first kappa shape index (κ1) is 11.4. The highest BCUT2D eigenvalue weighted by Crippen LogP contribution is 2.26. The van der Waals surface area contributed by atoms with Gasteiger partial charge < -0.3 is 5.32 Å². The Morgan fingerprint density at radius 3 is 2.54 bits per heavy atom. The van der Waals surface area contributed by atoms with E-state index >= 15 is 0 Å². The maximum atomic E-state index is 3.67. The topological polar surface area (TPSA) is 12.0 Å². The van der Waals surface area contributed by atoms with Crippen LogP contribution in [-0.2, 0) is 0 Å². The zero-order valence-electron chi connectivity index (χ0n) is 9.34. The molecular weight excluding hydrogens is 178 g/mol. The van der Waals surface area contributed by atoms with Gasteiger partial charge in [0.15, 0.2) is 0 Å². The molecule has 0 spiro atoms. The predicted molar refractivity (Wildman–Crippen MR) is 62.3 cm³/mol. The molecule has 2 heteroatoms. The lowest BCUT2D eigenvalue weighted by atomic mass is 9.98. The molecule has 1 nitrogen and oxygen atoms in total. The van der Waals surface area contributed by atoms with E-state index in [9.17, 15) is 0 Å². The molecule has 1 aliphatic rings. The van der Waals surface area contributed by atoms with Crippen LogP contribution in [0.1, 0.15) is 34.1 Å². The van der Waals surface area contributed by atoms with Crippen molar-refractivity contribution in [3.8, 4) is 0 Å². The first-order valence-electron chi connectivity index (χ1n) is 5.44. The quantitative estimate of drug-likeness (QED) is 0.750. The monoisotopic (exact) mass is 201 g/mol. The minimum Gasteiger partial charge on any atom is -0.313 e. The van der Waals surface area contributed by atoms with Crippen molar-refractivity contribution >= 4 is 11.8 Å². The zero-order valence-corrected chi connectivity index (χ0v) is 10.2. The van der Waals surface area contributed by atoms with Crippen LogP contribution in [0.25, 0.3) is 0 Å². The fraction of sp³-hybridized carbons (Fsp3) is 1.00. The Kier molecular flexibility index (Phi) is 4.60. The van der Waals surface area contributed by atoms with E-state index in [0.717, 1.165) is 23.1 Å². The second-order valence-corrected chi connectivity index (χ2v) is 6.18. The van der Waals surface area contributed by atoms with E-state index < -0.39 is 0 Å². The molecule has 1 aliphatic heterocycles. The molecule has 78 valence electrons. The van der Waals surface area contributed by atoms with Crippen molar-refractivity contribution in [2.75, 3.05) is 12.3 Å². The Morgan fingerprint density at radius 1 is 1.38 bits per heavy atom. The summed E-state index contributed by atoms with van der Waals surface area (Å²) in [5.41, 5.74) is 0. The minimum atomic E-state index is 0.779. The Balaban J connectivity index is 2.12. The third-order valence-electron chi connectivity index (χ3n) is 3.06. The van der Waals surface area contributed by atoms with Gasteiger partial charge in [0.05, 0.1) is 0 Å². The van der Waals surface area contributed by atoms with Crippen LogP contribution in [0.2, 0.25) is 0 Å². The maximum absolute atomic E-state index is 3.67. The number of hydrogen-bond donors (Lipinski definition) is 1. The summed E-state index contributed by atoms with van der Waals surface area (Å²) in [6.07, 6.45) is 1.36. The Bertz CT molecular complexity index is 147. The molecule has 0 aromatic carbocycles. The summed E-state index contributed by atoms with van der Waals surface area (Å²) in [4.78, 5) is 0. The first-order valence-corrected chi connectivity index (χ1v) is 6.49. The van der Waals surface area contributed by atoms with Crippen molar-refractivity contribution in [1.82, 2.24) is 5.32 Å². The Morgan fingerprint density at radius 2 is 2.08 bits per heavy atom. The van der Waals surface area contributed by atoms with E-state index in [1.165, 1.54) is 18.7 Å². The van der Waals surface area contributed by atoms with Gasteiger partial charge >= 0.3 is 0 Å². The maximum Gasteiger partial charge on any atom is 0.0168 e. The number of hydrogen-bond acceptors (Lipinski definition) is 2. The summed E-state index contributed by atoms with van der Waals surface area (Å²) in [6, 6.07) is 0.779. The molecule has 0 bridgehead atoms. The summed E-state index contributed by atoms with van der Waals surface area (Å²) in [7, 11) is 0. The van der Waals surface area contributed by atoms with Crippen LogP contribution in [0.15, 0.2) is 0 Å². The smallest absolute Gasteiger partial charge is 0.0168 e. The molecule has 1 heterocycles. The lowest BCUT2D eigenvalue weighted by Gasteiger charge is -2.19. The van der Waals surface area contributed by atoms with Crippen LogP contribution in [0.3, 0.4) is 0 Å². The van der Waals surface area contributed by atoms with E-state index in [4.69, 9.17) is 0 Å².